The van der Waals surface area contributed by atoms with Gasteiger partial charge in [-0.1, -0.05) is 24.3 Å². The number of benzene rings is 1. The molecule has 0 radical (unpaired) electrons. The Morgan fingerprint density at radius 2 is 2.00 bits per heavy atom. The highest BCUT2D eigenvalue weighted by atomic mass is 19.1. The fourth-order valence-electron chi connectivity index (χ4n) is 1.83. The molecule has 0 atom stereocenters. The van der Waals surface area contributed by atoms with Gasteiger partial charge in [0.15, 0.2) is 0 Å². The lowest BCUT2D eigenvalue weighted by molar-refractivity contribution is -0.121. The second kappa shape index (κ2) is 6.14. The van der Waals surface area contributed by atoms with Crippen LogP contribution in [-0.2, 0) is 17.9 Å². The number of hydrogen-bond acceptors (Lipinski definition) is 2. The number of rotatable bonds is 4. The number of carbonyl (C=O) groups excluding carboxylic acids is 1. The summed E-state index contributed by atoms with van der Waals surface area (Å²) in [4.78, 5) is 23.5. The molecule has 0 aliphatic heterocycles. The monoisotopic (exact) mass is 274 g/mol. The minimum Gasteiger partial charge on any atom is -0.350 e. The second-order valence-corrected chi connectivity index (χ2v) is 4.49. The van der Waals surface area contributed by atoms with E-state index in [1.165, 1.54) is 10.6 Å². The number of halogens is 1. The average molecular weight is 274 g/mol. The van der Waals surface area contributed by atoms with Gasteiger partial charge in [0.05, 0.1) is 0 Å². The number of pyridine rings is 1. The van der Waals surface area contributed by atoms with Gasteiger partial charge in [0.1, 0.15) is 12.4 Å². The first kappa shape index (κ1) is 14.0. The van der Waals surface area contributed by atoms with Crippen LogP contribution in [0.2, 0.25) is 0 Å². The fourth-order valence-corrected chi connectivity index (χ4v) is 1.83. The first-order valence-corrected chi connectivity index (χ1v) is 6.24. The number of aromatic nitrogens is 1. The molecule has 0 fully saturated rings. The number of nitrogens with one attached hydrogen (secondary N) is 1. The summed E-state index contributed by atoms with van der Waals surface area (Å²) < 4.78 is 14.7. The molecular formula is C15H15FN2O2. The number of aryl methyl sites for hydroxylation is 1. The van der Waals surface area contributed by atoms with Crippen molar-refractivity contribution in [2.45, 2.75) is 20.0 Å². The van der Waals surface area contributed by atoms with Crippen LogP contribution in [0.25, 0.3) is 0 Å². The zero-order chi connectivity index (χ0) is 14.5. The van der Waals surface area contributed by atoms with Gasteiger partial charge in [0.2, 0.25) is 5.91 Å². The van der Waals surface area contributed by atoms with Crippen LogP contribution >= 0.6 is 0 Å². The first-order valence-electron chi connectivity index (χ1n) is 6.24. The average Bonchev–Trinajstić information content (AvgIpc) is 2.43. The molecule has 1 N–H and O–H groups in total. The highest BCUT2D eigenvalue weighted by Gasteiger charge is 2.07. The smallest absolute Gasteiger partial charge is 0.253 e. The van der Waals surface area contributed by atoms with Crippen molar-refractivity contribution in [2.24, 2.45) is 0 Å². The lowest BCUT2D eigenvalue weighted by Gasteiger charge is -2.08. The zero-order valence-corrected chi connectivity index (χ0v) is 11.1. The van der Waals surface area contributed by atoms with Gasteiger partial charge in [0.25, 0.3) is 5.56 Å². The minimum absolute atomic E-state index is 0.0744. The molecule has 4 nitrogen and oxygen atoms in total. The number of carbonyl (C=O) groups is 1. The van der Waals surface area contributed by atoms with E-state index in [4.69, 9.17) is 0 Å². The first-order chi connectivity index (χ1) is 9.58. The lowest BCUT2D eigenvalue weighted by atomic mass is 10.2. The molecule has 1 aromatic carbocycles. The van der Waals surface area contributed by atoms with E-state index in [1.54, 1.807) is 43.5 Å². The topological polar surface area (TPSA) is 51.1 Å². The third-order valence-corrected chi connectivity index (χ3v) is 2.96. The van der Waals surface area contributed by atoms with Crippen LogP contribution in [-0.4, -0.2) is 10.5 Å². The summed E-state index contributed by atoms with van der Waals surface area (Å²) in [5.74, 6) is -0.693. The standard InChI is InChI=1S/C15H15FN2O2/c1-11-5-4-8-18(15(11)20)10-14(19)17-9-12-6-2-3-7-13(12)16/h2-8H,9-10H2,1H3,(H,17,19). The van der Waals surface area contributed by atoms with E-state index in [9.17, 15) is 14.0 Å². The molecule has 0 bridgehead atoms. The number of hydrogen-bond donors (Lipinski definition) is 1. The third kappa shape index (κ3) is 3.32. The van der Waals surface area contributed by atoms with Crippen molar-refractivity contribution in [3.63, 3.8) is 0 Å². The van der Waals surface area contributed by atoms with Crippen molar-refractivity contribution in [1.29, 1.82) is 0 Å². The summed E-state index contributed by atoms with van der Waals surface area (Å²) >= 11 is 0. The van der Waals surface area contributed by atoms with Crippen LogP contribution in [0.1, 0.15) is 11.1 Å². The van der Waals surface area contributed by atoms with E-state index >= 15 is 0 Å². The Morgan fingerprint density at radius 3 is 2.75 bits per heavy atom. The zero-order valence-electron chi connectivity index (χ0n) is 11.1. The third-order valence-electron chi connectivity index (χ3n) is 2.96. The quantitative estimate of drug-likeness (QED) is 0.921. The normalized spacial score (nSPS) is 10.3. The molecule has 0 saturated heterocycles. The summed E-state index contributed by atoms with van der Waals surface area (Å²) in [6.07, 6.45) is 1.55. The van der Waals surface area contributed by atoms with Gasteiger partial charge < -0.3 is 9.88 Å². The molecule has 2 rings (SSSR count). The van der Waals surface area contributed by atoms with Crippen LogP contribution in [0.5, 0.6) is 0 Å². The van der Waals surface area contributed by atoms with Gasteiger partial charge >= 0.3 is 0 Å². The van der Waals surface area contributed by atoms with Gasteiger partial charge in [-0.15, -0.1) is 0 Å². The van der Waals surface area contributed by atoms with Gasteiger partial charge in [-0.3, -0.25) is 9.59 Å². The number of nitrogens with zero attached hydrogens (tertiary/aromatic N) is 1. The van der Waals surface area contributed by atoms with Gasteiger partial charge in [-0.25, -0.2) is 4.39 Å². The van der Waals surface area contributed by atoms with E-state index in [1.807, 2.05) is 0 Å². The molecule has 1 heterocycles. The van der Waals surface area contributed by atoms with Crippen LogP contribution < -0.4 is 10.9 Å². The Labute approximate surface area is 115 Å². The van der Waals surface area contributed by atoms with Gasteiger partial charge in [0, 0.05) is 23.9 Å². The molecule has 0 saturated carbocycles. The van der Waals surface area contributed by atoms with E-state index in [2.05, 4.69) is 5.32 Å². The second-order valence-electron chi connectivity index (χ2n) is 4.49. The molecule has 104 valence electrons. The largest absolute Gasteiger partial charge is 0.350 e. The number of amides is 1. The maximum Gasteiger partial charge on any atom is 0.253 e. The summed E-state index contributed by atoms with van der Waals surface area (Å²) in [7, 11) is 0. The molecule has 0 spiro atoms. The maximum absolute atomic E-state index is 13.4. The summed E-state index contributed by atoms with van der Waals surface area (Å²) in [6.45, 7) is 1.72. The fraction of sp³-hybridized carbons (Fsp3) is 0.200. The van der Waals surface area contributed by atoms with Crippen molar-refractivity contribution in [3.8, 4) is 0 Å². The Morgan fingerprint density at radius 1 is 1.25 bits per heavy atom. The van der Waals surface area contributed by atoms with Crippen molar-refractivity contribution >= 4 is 5.91 Å². The van der Waals surface area contributed by atoms with E-state index in [-0.39, 0.29) is 30.4 Å². The van der Waals surface area contributed by atoms with Crippen molar-refractivity contribution in [2.75, 3.05) is 0 Å². The summed E-state index contributed by atoms with van der Waals surface area (Å²) in [6, 6.07) is 9.64. The van der Waals surface area contributed by atoms with Crippen molar-refractivity contribution < 1.29 is 9.18 Å². The Bertz CT molecular complexity index is 680. The van der Waals surface area contributed by atoms with Crippen LogP contribution in [0.15, 0.2) is 47.4 Å². The summed E-state index contributed by atoms with van der Waals surface area (Å²) in [5, 5.41) is 2.60. The van der Waals surface area contributed by atoms with Crippen molar-refractivity contribution in [1.82, 2.24) is 9.88 Å². The Balaban J connectivity index is 1.98. The van der Waals surface area contributed by atoms with E-state index in [0.29, 0.717) is 11.1 Å². The molecule has 1 aromatic heterocycles. The summed E-state index contributed by atoms with van der Waals surface area (Å²) in [5.41, 5.74) is 0.792. The molecule has 20 heavy (non-hydrogen) atoms. The predicted molar refractivity (Wildman–Crippen MR) is 73.7 cm³/mol. The SMILES string of the molecule is Cc1cccn(CC(=O)NCc2ccccc2F)c1=O. The maximum atomic E-state index is 13.4. The van der Waals surface area contributed by atoms with Gasteiger partial charge in [-0.2, -0.15) is 0 Å². The van der Waals surface area contributed by atoms with Crippen LogP contribution in [0.3, 0.4) is 0 Å². The van der Waals surface area contributed by atoms with Crippen molar-refractivity contribution in [3.05, 3.63) is 69.9 Å². The lowest BCUT2D eigenvalue weighted by Crippen LogP contribution is -2.32. The highest BCUT2D eigenvalue weighted by molar-refractivity contribution is 5.75. The van der Waals surface area contributed by atoms with E-state index in [0.717, 1.165) is 0 Å². The highest BCUT2D eigenvalue weighted by Crippen LogP contribution is 2.05. The van der Waals surface area contributed by atoms with Crippen LogP contribution in [0, 0.1) is 12.7 Å². The molecule has 2 aromatic rings. The molecule has 1 amide bonds. The molecular weight excluding hydrogens is 259 g/mol. The van der Waals surface area contributed by atoms with Crippen LogP contribution in [0.4, 0.5) is 4.39 Å². The predicted octanol–water partition coefficient (Wildman–Crippen LogP) is 1.61. The molecule has 0 aliphatic carbocycles. The minimum atomic E-state index is -0.361. The van der Waals surface area contributed by atoms with E-state index < -0.39 is 0 Å². The Hall–Kier alpha value is -2.43. The Kier molecular flexibility index (Phi) is 4.30. The van der Waals surface area contributed by atoms with Gasteiger partial charge in [-0.05, 0) is 19.1 Å². The molecule has 0 unspecified atom stereocenters. The molecule has 5 heteroatoms. The molecule has 0 aliphatic rings.